The molecule has 0 saturated carbocycles. The molecule has 1 N–H and O–H groups in total. The Labute approximate surface area is 227 Å². The number of hydrogen-bond donors (Lipinski definition) is 1. The van der Waals surface area contributed by atoms with Crippen molar-refractivity contribution in [3.05, 3.63) is 93.5 Å². The van der Waals surface area contributed by atoms with Crippen LogP contribution >= 0.6 is 35.0 Å². The molecule has 1 atom stereocenters. The van der Waals surface area contributed by atoms with Gasteiger partial charge in [0.05, 0.1) is 21.7 Å². The molecule has 190 valence electrons. The maximum atomic E-state index is 13.1. The second kappa shape index (κ2) is 12.0. The maximum Gasteiger partial charge on any atom is 0.228 e. The fourth-order valence-corrected chi connectivity index (χ4v) is 7.00. The molecule has 0 bridgehead atoms. The van der Waals surface area contributed by atoms with Gasteiger partial charge in [0.1, 0.15) is 0 Å². The predicted octanol–water partition coefficient (Wildman–Crippen LogP) is 6.77. The van der Waals surface area contributed by atoms with E-state index in [1.165, 1.54) is 14.8 Å². The number of amides is 1. The van der Waals surface area contributed by atoms with E-state index in [0.717, 1.165) is 17.0 Å². The molecule has 9 heteroatoms. The fraction of sp³-hybridized carbons (Fsp3) is 0.296. The van der Waals surface area contributed by atoms with E-state index in [-0.39, 0.29) is 18.2 Å². The molecular formula is C27H28Cl2N2O3S2. The summed E-state index contributed by atoms with van der Waals surface area (Å²) in [6.45, 7) is 2.54. The molecule has 4 rings (SSSR count). The van der Waals surface area contributed by atoms with Gasteiger partial charge in [-0.2, -0.15) is 0 Å². The molecule has 3 aromatic carbocycles. The van der Waals surface area contributed by atoms with E-state index in [1.54, 1.807) is 30.0 Å². The zero-order chi connectivity index (χ0) is 25.7. The highest BCUT2D eigenvalue weighted by molar-refractivity contribution is 7.98. The van der Waals surface area contributed by atoms with E-state index in [4.69, 9.17) is 23.2 Å². The summed E-state index contributed by atoms with van der Waals surface area (Å²) in [5.74, 6) is 0.0987. The average Bonchev–Trinajstić information content (AvgIpc) is 2.87. The van der Waals surface area contributed by atoms with Crippen molar-refractivity contribution in [3.63, 3.8) is 0 Å². The summed E-state index contributed by atoms with van der Waals surface area (Å²) in [5.41, 5.74) is 3.48. The van der Waals surface area contributed by atoms with Crippen molar-refractivity contribution in [2.45, 2.75) is 36.2 Å². The third kappa shape index (κ3) is 7.05. The Morgan fingerprint density at radius 1 is 1.03 bits per heavy atom. The van der Waals surface area contributed by atoms with Gasteiger partial charge in [-0.05, 0) is 66.8 Å². The van der Waals surface area contributed by atoms with Crippen molar-refractivity contribution in [1.82, 2.24) is 4.31 Å². The number of halogens is 2. The van der Waals surface area contributed by atoms with E-state index in [1.807, 2.05) is 37.3 Å². The average molecular weight is 564 g/mol. The van der Waals surface area contributed by atoms with Gasteiger partial charge in [-0.1, -0.05) is 59.6 Å². The normalized spacial score (nSPS) is 16.6. The predicted molar refractivity (Wildman–Crippen MR) is 149 cm³/mol. The molecule has 1 saturated heterocycles. The molecule has 1 aliphatic heterocycles. The third-order valence-electron chi connectivity index (χ3n) is 6.18. The van der Waals surface area contributed by atoms with Gasteiger partial charge in [0.2, 0.25) is 15.9 Å². The summed E-state index contributed by atoms with van der Waals surface area (Å²) >= 11 is 13.8. The van der Waals surface area contributed by atoms with Crippen LogP contribution in [0, 0.1) is 12.8 Å². The minimum atomic E-state index is -3.60. The Morgan fingerprint density at radius 2 is 1.78 bits per heavy atom. The number of hydrogen-bond acceptors (Lipinski definition) is 4. The lowest BCUT2D eigenvalue weighted by Crippen LogP contribution is -2.44. The molecule has 0 unspecified atom stereocenters. The molecule has 0 radical (unpaired) electrons. The van der Waals surface area contributed by atoms with Gasteiger partial charge >= 0.3 is 0 Å². The van der Waals surface area contributed by atoms with Gasteiger partial charge in [-0.3, -0.25) is 4.79 Å². The number of sulfonamides is 1. The SMILES string of the molecule is Cc1cc(CSc2ccccc2)ccc1NC(=O)[C@@H]1CCCN(S(=O)(=O)Cc2ccc(Cl)c(Cl)c2)C1. The number of rotatable bonds is 8. The molecule has 3 aromatic rings. The standard InChI is InChI=1S/C27H28Cl2N2O3S2/c1-19-14-20(17-35-23-7-3-2-4-8-23)10-12-26(19)30-27(32)22-6-5-13-31(16-22)36(33,34)18-21-9-11-24(28)25(29)15-21/h2-4,7-12,14-15,22H,5-6,13,16-18H2,1H3,(H,30,32)/t22-/m1/s1. The Bertz CT molecular complexity index is 1330. The molecule has 1 heterocycles. The van der Waals surface area contributed by atoms with Crippen LogP contribution in [0.15, 0.2) is 71.6 Å². The summed E-state index contributed by atoms with van der Waals surface area (Å²) in [6.07, 6.45) is 1.28. The van der Waals surface area contributed by atoms with Crippen LogP contribution in [0.3, 0.4) is 0 Å². The molecule has 1 amide bonds. The van der Waals surface area contributed by atoms with Crippen molar-refractivity contribution in [1.29, 1.82) is 0 Å². The quantitative estimate of drug-likeness (QED) is 0.307. The van der Waals surface area contributed by atoms with E-state index in [9.17, 15) is 13.2 Å². The summed E-state index contributed by atoms with van der Waals surface area (Å²) in [4.78, 5) is 14.3. The fourth-order valence-electron chi connectivity index (χ4n) is 4.21. The number of aryl methyl sites for hydroxylation is 1. The van der Waals surface area contributed by atoms with Crippen molar-refractivity contribution in [3.8, 4) is 0 Å². The molecule has 0 aliphatic carbocycles. The third-order valence-corrected chi connectivity index (χ3v) is 9.82. The number of carbonyl (C=O) groups excluding carboxylic acids is 1. The Hall–Kier alpha value is -2.03. The highest BCUT2D eigenvalue weighted by Crippen LogP contribution is 2.28. The molecule has 1 aliphatic rings. The minimum Gasteiger partial charge on any atom is -0.326 e. The first-order valence-corrected chi connectivity index (χ1v) is 15.1. The van der Waals surface area contributed by atoms with Crippen LogP contribution in [0.4, 0.5) is 5.69 Å². The number of carbonyl (C=O) groups is 1. The van der Waals surface area contributed by atoms with Gasteiger partial charge in [-0.15, -0.1) is 11.8 Å². The molecule has 5 nitrogen and oxygen atoms in total. The van der Waals surface area contributed by atoms with Gasteiger partial charge in [0.25, 0.3) is 0 Å². The summed E-state index contributed by atoms with van der Waals surface area (Å²) in [6, 6.07) is 21.1. The first kappa shape index (κ1) is 27.0. The van der Waals surface area contributed by atoms with E-state index < -0.39 is 15.9 Å². The van der Waals surface area contributed by atoms with Crippen molar-refractivity contribution in [2.75, 3.05) is 18.4 Å². The molecule has 1 fully saturated rings. The van der Waals surface area contributed by atoms with Crippen LogP contribution in [0.2, 0.25) is 10.0 Å². The van der Waals surface area contributed by atoms with Crippen molar-refractivity contribution >= 4 is 56.6 Å². The van der Waals surface area contributed by atoms with Crippen LogP contribution in [0.5, 0.6) is 0 Å². The van der Waals surface area contributed by atoms with Crippen LogP contribution in [-0.2, 0) is 26.3 Å². The van der Waals surface area contributed by atoms with E-state index in [2.05, 4.69) is 23.5 Å². The smallest absolute Gasteiger partial charge is 0.228 e. The van der Waals surface area contributed by atoms with Crippen LogP contribution < -0.4 is 5.32 Å². The van der Waals surface area contributed by atoms with Crippen LogP contribution in [0.25, 0.3) is 0 Å². The minimum absolute atomic E-state index is 0.154. The van der Waals surface area contributed by atoms with Gasteiger partial charge < -0.3 is 5.32 Å². The van der Waals surface area contributed by atoms with Crippen molar-refractivity contribution in [2.24, 2.45) is 5.92 Å². The number of piperidine rings is 1. The number of benzene rings is 3. The summed E-state index contributed by atoms with van der Waals surface area (Å²) < 4.78 is 27.5. The lowest BCUT2D eigenvalue weighted by atomic mass is 9.98. The molecule has 0 spiro atoms. The van der Waals surface area contributed by atoms with Crippen molar-refractivity contribution < 1.29 is 13.2 Å². The number of nitrogens with zero attached hydrogens (tertiary/aromatic N) is 1. The zero-order valence-corrected chi connectivity index (χ0v) is 23.1. The van der Waals surface area contributed by atoms with Gasteiger partial charge in [0.15, 0.2) is 0 Å². The summed E-state index contributed by atoms with van der Waals surface area (Å²) in [7, 11) is -3.60. The second-order valence-electron chi connectivity index (χ2n) is 8.94. The Balaban J connectivity index is 1.36. The topological polar surface area (TPSA) is 66.5 Å². The van der Waals surface area contributed by atoms with E-state index >= 15 is 0 Å². The second-order valence-corrected chi connectivity index (χ2v) is 12.8. The zero-order valence-electron chi connectivity index (χ0n) is 19.9. The molecular weight excluding hydrogens is 535 g/mol. The highest BCUT2D eigenvalue weighted by atomic mass is 35.5. The molecule has 0 aromatic heterocycles. The van der Waals surface area contributed by atoms with E-state index in [0.29, 0.717) is 35.0 Å². The monoisotopic (exact) mass is 562 g/mol. The Kier molecular flexibility index (Phi) is 9.01. The Morgan fingerprint density at radius 3 is 2.50 bits per heavy atom. The number of thioether (sulfide) groups is 1. The summed E-state index contributed by atoms with van der Waals surface area (Å²) in [5, 5.41) is 3.72. The lowest BCUT2D eigenvalue weighted by molar-refractivity contribution is -0.120. The number of nitrogens with one attached hydrogen (secondary N) is 1. The number of anilines is 1. The van der Waals surface area contributed by atoms with Crippen LogP contribution in [0.1, 0.15) is 29.5 Å². The van der Waals surface area contributed by atoms with Gasteiger partial charge in [-0.25, -0.2) is 12.7 Å². The van der Waals surface area contributed by atoms with Crippen LogP contribution in [-0.4, -0.2) is 31.7 Å². The lowest BCUT2D eigenvalue weighted by Gasteiger charge is -2.31. The largest absolute Gasteiger partial charge is 0.326 e. The van der Waals surface area contributed by atoms with Gasteiger partial charge in [0, 0.05) is 29.4 Å². The maximum absolute atomic E-state index is 13.1. The first-order chi connectivity index (χ1) is 17.2. The molecule has 36 heavy (non-hydrogen) atoms. The highest BCUT2D eigenvalue weighted by Gasteiger charge is 2.32. The first-order valence-electron chi connectivity index (χ1n) is 11.7.